The molecule has 0 aromatic carbocycles. The van der Waals surface area contributed by atoms with E-state index in [0.29, 0.717) is 0 Å². The molecule has 1 fully saturated rings. The van der Waals surface area contributed by atoms with Gasteiger partial charge in [-0.2, -0.15) is 0 Å². The molecule has 0 amide bonds. The van der Waals surface area contributed by atoms with Gasteiger partial charge in [0.05, 0.1) is 5.92 Å². The number of nitrogens with two attached hydrogens (primary N) is 2. The van der Waals surface area contributed by atoms with Crippen LogP contribution < -0.4 is 11.5 Å². The van der Waals surface area contributed by atoms with Crippen LogP contribution in [-0.2, 0) is 4.79 Å². The lowest BCUT2D eigenvalue weighted by Crippen LogP contribution is -2.20. The molecule has 5 heteroatoms. The fourth-order valence-electron chi connectivity index (χ4n) is 0.655. The highest BCUT2D eigenvalue weighted by Gasteiger charge is 2.23. The molecule has 0 aromatic rings. The normalized spacial score (nSPS) is 15.6. The summed E-state index contributed by atoms with van der Waals surface area (Å²) in [4.78, 5) is 9.98. The molecular formula is C6H13N3O2. The average molecular weight is 159 g/mol. The van der Waals surface area contributed by atoms with Gasteiger partial charge in [0, 0.05) is 0 Å². The maximum Gasteiger partial charge on any atom is 0.306 e. The molecular weight excluding hydrogens is 146 g/mol. The first-order valence-electron chi connectivity index (χ1n) is 3.36. The Bertz CT molecular complexity index is 150. The highest BCUT2D eigenvalue weighted by Crippen LogP contribution is 2.25. The Kier molecular flexibility index (Phi) is 4.02. The van der Waals surface area contributed by atoms with E-state index in [-0.39, 0.29) is 11.9 Å². The lowest BCUT2D eigenvalue weighted by molar-refractivity contribution is -0.144. The van der Waals surface area contributed by atoms with Crippen LogP contribution in [0.1, 0.15) is 19.3 Å². The predicted octanol–water partition coefficient (Wildman–Crippen LogP) is -0.290. The summed E-state index contributed by atoms with van der Waals surface area (Å²) in [5.41, 5.74) is 8.94. The summed E-state index contributed by atoms with van der Waals surface area (Å²) in [6.45, 7) is 0. The largest absolute Gasteiger partial charge is 0.481 e. The lowest BCUT2D eigenvalue weighted by atomic mass is 9.86. The van der Waals surface area contributed by atoms with Gasteiger partial charge in [0.15, 0.2) is 5.96 Å². The van der Waals surface area contributed by atoms with E-state index in [0.717, 1.165) is 19.3 Å². The van der Waals surface area contributed by atoms with Gasteiger partial charge < -0.3 is 16.6 Å². The summed E-state index contributed by atoms with van der Waals surface area (Å²) in [7, 11) is 0. The van der Waals surface area contributed by atoms with Crippen molar-refractivity contribution in [3.05, 3.63) is 0 Å². The number of hydrogen-bond donors (Lipinski definition) is 4. The molecule has 0 aliphatic heterocycles. The number of hydrogen-bond acceptors (Lipinski definition) is 2. The third-order valence-corrected chi connectivity index (χ3v) is 1.45. The van der Waals surface area contributed by atoms with E-state index in [1.54, 1.807) is 0 Å². The summed E-state index contributed by atoms with van der Waals surface area (Å²) >= 11 is 0. The molecule has 0 radical (unpaired) electrons. The minimum Gasteiger partial charge on any atom is -0.481 e. The van der Waals surface area contributed by atoms with Crippen LogP contribution >= 0.6 is 0 Å². The Labute approximate surface area is 64.9 Å². The zero-order chi connectivity index (χ0) is 8.85. The molecule has 5 nitrogen and oxygen atoms in total. The van der Waals surface area contributed by atoms with Gasteiger partial charge in [-0.1, -0.05) is 6.42 Å². The molecule has 0 heterocycles. The highest BCUT2D eigenvalue weighted by atomic mass is 16.4. The maximum absolute atomic E-state index is 9.98. The van der Waals surface area contributed by atoms with Crippen LogP contribution in [0.25, 0.3) is 0 Å². The number of guanidine groups is 1. The molecule has 1 saturated carbocycles. The summed E-state index contributed by atoms with van der Waals surface area (Å²) in [6.07, 6.45) is 2.90. The molecule has 0 saturated heterocycles. The average Bonchev–Trinajstić information content (AvgIpc) is 1.53. The van der Waals surface area contributed by atoms with Crippen LogP contribution in [0, 0.1) is 11.3 Å². The number of rotatable bonds is 1. The van der Waals surface area contributed by atoms with E-state index in [1.165, 1.54) is 0 Å². The standard InChI is InChI=1S/C5H8O2.CH5N3/c6-5(7)4-2-1-3-4;2-1(3)4/h4H,1-3H2,(H,6,7);(H5,2,3,4). The zero-order valence-electron chi connectivity index (χ0n) is 6.21. The summed E-state index contributed by atoms with van der Waals surface area (Å²) in [5, 5.41) is 14.3. The van der Waals surface area contributed by atoms with Gasteiger partial charge in [0.25, 0.3) is 0 Å². The Morgan fingerprint density at radius 3 is 1.82 bits per heavy atom. The third kappa shape index (κ3) is 5.20. The quantitative estimate of drug-likeness (QED) is 0.311. The first kappa shape index (κ1) is 9.74. The molecule has 11 heavy (non-hydrogen) atoms. The third-order valence-electron chi connectivity index (χ3n) is 1.45. The van der Waals surface area contributed by atoms with E-state index in [4.69, 9.17) is 10.5 Å². The molecule has 6 N–H and O–H groups in total. The maximum atomic E-state index is 9.98. The van der Waals surface area contributed by atoms with Crippen molar-refractivity contribution in [1.29, 1.82) is 5.41 Å². The molecule has 0 spiro atoms. The second-order valence-electron chi connectivity index (χ2n) is 2.42. The van der Waals surface area contributed by atoms with E-state index in [9.17, 15) is 4.79 Å². The second kappa shape index (κ2) is 4.54. The lowest BCUT2D eigenvalue weighted by Gasteiger charge is -2.19. The van der Waals surface area contributed by atoms with Crippen molar-refractivity contribution >= 4 is 11.9 Å². The molecule has 1 rings (SSSR count). The van der Waals surface area contributed by atoms with Gasteiger partial charge in [-0.25, -0.2) is 0 Å². The summed E-state index contributed by atoms with van der Waals surface area (Å²) in [5.74, 6) is -0.953. The second-order valence-corrected chi connectivity index (χ2v) is 2.42. The van der Waals surface area contributed by atoms with E-state index in [2.05, 4.69) is 11.5 Å². The van der Waals surface area contributed by atoms with Crippen LogP contribution in [0.15, 0.2) is 0 Å². The van der Waals surface area contributed by atoms with Crippen molar-refractivity contribution in [2.24, 2.45) is 17.4 Å². The molecule has 1 aliphatic rings. The van der Waals surface area contributed by atoms with Crippen molar-refractivity contribution in [1.82, 2.24) is 0 Å². The van der Waals surface area contributed by atoms with Crippen molar-refractivity contribution in [2.75, 3.05) is 0 Å². The van der Waals surface area contributed by atoms with Crippen molar-refractivity contribution in [3.63, 3.8) is 0 Å². The Morgan fingerprint density at radius 1 is 1.45 bits per heavy atom. The van der Waals surface area contributed by atoms with Gasteiger partial charge in [-0.3, -0.25) is 10.2 Å². The number of nitrogens with one attached hydrogen (secondary N) is 1. The fourth-order valence-corrected chi connectivity index (χ4v) is 0.655. The molecule has 0 bridgehead atoms. The van der Waals surface area contributed by atoms with Crippen LogP contribution in [0.4, 0.5) is 0 Å². The molecule has 0 unspecified atom stereocenters. The smallest absolute Gasteiger partial charge is 0.306 e. The van der Waals surface area contributed by atoms with Crippen molar-refractivity contribution in [3.8, 4) is 0 Å². The summed E-state index contributed by atoms with van der Waals surface area (Å²) < 4.78 is 0. The Hall–Kier alpha value is -1.26. The number of aliphatic carboxylic acids is 1. The van der Waals surface area contributed by atoms with Gasteiger partial charge in [0.2, 0.25) is 0 Å². The SMILES string of the molecule is N=C(N)N.O=C(O)C1CCC1. The van der Waals surface area contributed by atoms with Crippen molar-refractivity contribution in [2.45, 2.75) is 19.3 Å². The first-order chi connectivity index (χ1) is 5.04. The van der Waals surface area contributed by atoms with Gasteiger partial charge in [0.1, 0.15) is 0 Å². The van der Waals surface area contributed by atoms with Gasteiger partial charge in [-0.05, 0) is 12.8 Å². The van der Waals surface area contributed by atoms with Crippen molar-refractivity contribution < 1.29 is 9.90 Å². The molecule has 64 valence electrons. The number of carbonyl (C=O) groups is 1. The molecule has 1 aliphatic carbocycles. The van der Waals surface area contributed by atoms with Gasteiger partial charge >= 0.3 is 5.97 Å². The molecule has 0 aromatic heterocycles. The minimum absolute atomic E-state index is 0.000000000000000444. The van der Waals surface area contributed by atoms with Crippen LogP contribution in [0.5, 0.6) is 0 Å². The Morgan fingerprint density at radius 2 is 1.82 bits per heavy atom. The van der Waals surface area contributed by atoms with E-state index >= 15 is 0 Å². The summed E-state index contributed by atoms with van der Waals surface area (Å²) in [6, 6.07) is 0. The van der Waals surface area contributed by atoms with E-state index < -0.39 is 5.97 Å². The number of carboxylic acids is 1. The van der Waals surface area contributed by atoms with Crippen LogP contribution in [0.2, 0.25) is 0 Å². The highest BCUT2D eigenvalue weighted by molar-refractivity contribution is 5.71. The zero-order valence-corrected chi connectivity index (χ0v) is 6.21. The predicted molar refractivity (Wildman–Crippen MR) is 41.1 cm³/mol. The van der Waals surface area contributed by atoms with Crippen LogP contribution in [0.3, 0.4) is 0 Å². The van der Waals surface area contributed by atoms with Gasteiger partial charge in [-0.15, -0.1) is 0 Å². The van der Waals surface area contributed by atoms with E-state index in [1.807, 2.05) is 0 Å². The molecule has 0 atom stereocenters. The Balaban J connectivity index is 0.000000218. The topological polar surface area (TPSA) is 113 Å². The fraction of sp³-hybridized carbons (Fsp3) is 0.667. The first-order valence-corrected chi connectivity index (χ1v) is 3.36. The minimum atomic E-state index is -0.619. The van der Waals surface area contributed by atoms with Crippen LogP contribution in [-0.4, -0.2) is 17.0 Å². The monoisotopic (exact) mass is 159 g/mol. The number of carboxylic acid groups (broad SMARTS) is 1.